The molecule has 1 amide bonds. The van der Waals surface area contributed by atoms with E-state index in [4.69, 9.17) is 0 Å². The number of nitrogens with zero attached hydrogens (tertiary/aromatic N) is 4. The minimum Gasteiger partial charge on any atom is -0.357 e. The highest BCUT2D eigenvalue weighted by Crippen LogP contribution is 2.20. The highest BCUT2D eigenvalue weighted by atomic mass is 16.1. The predicted molar refractivity (Wildman–Crippen MR) is 130 cm³/mol. The first kappa shape index (κ1) is 20.9. The lowest BCUT2D eigenvalue weighted by atomic mass is 10.1. The van der Waals surface area contributed by atoms with Crippen molar-refractivity contribution in [1.82, 2.24) is 14.5 Å². The first-order chi connectivity index (χ1) is 16.1. The fraction of sp³-hybridized carbons (Fsp3) is 0.231. The SMILES string of the molecule is Cc1nc2ccccc2c(=O)n1-c1ccc(C(=O)Nc2ccc(N3CCCCC3)nc2)cc1. The van der Waals surface area contributed by atoms with Gasteiger partial charge in [0.15, 0.2) is 0 Å². The van der Waals surface area contributed by atoms with Crippen molar-refractivity contribution >= 4 is 28.3 Å². The first-order valence-corrected chi connectivity index (χ1v) is 11.2. The summed E-state index contributed by atoms with van der Waals surface area (Å²) in [5.41, 5.74) is 2.36. The summed E-state index contributed by atoms with van der Waals surface area (Å²) in [4.78, 5) is 37.0. The maximum atomic E-state index is 13.0. The number of fused-ring (bicyclic) bond motifs is 1. The largest absolute Gasteiger partial charge is 0.357 e. The second kappa shape index (κ2) is 8.86. The first-order valence-electron chi connectivity index (χ1n) is 11.2. The van der Waals surface area contributed by atoms with Gasteiger partial charge in [0.25, 0.3) is 11.5 Å². The summed E-state index contributed by atoms with van der Waals surface area (Å²) in [5, 5.41) is 3.45. The standard InChI is InChI=1S/C26H25N5O2/c1-18-28-23-8-4-3-7-22(23)26(33)31(18)21-12-9-19(10-13-21)25(32)29-20-11-14-24(27-17-20)30-15-5-2-6-16-30/h3-4,7-14,17H,2,5-6,15-16H2,1H3,(H,29,32). The predicted octanol–water partition coefficient (Wildman–Crippen LogP) is 4.33. The van der Waals surface area contributed by atoms with Gasteiger partial charge in [-0.1, -0.05) is 12.1 Å². The van der Waals surface area contributed by atoms with Crippen LogP contribution in [0.25, 0.3) is 16.6 Å². The molecule has 0 unspecified atom stereocenters. The van der Waals surface area contributed by atoms with Gasteiger partial charge in [0, 0.05) is 18.7 Å². The molecule has 0 aliphatic carbocycles. The monoisotopic (exact) mass is 439 g/mol. The van der Waals surface area contributed by atoms with Crippen molar-refractivity contribution in [1.29, 1.82) is 0 Å². The van der Waals surface area contributed by atoms with Gasteiger partial charge in [-0.15, -0.1) is 0 Å². The highest BCUT2D eigenvalue weighted by molar-refractivity contribution is 6.04. The average molecular weight is 440 g/mol. The van der Waals surface area contributed by atoms with Gasteiger partial charge < -0.3 is 10.2 Å². The molecule has 0 radical (unpaired) electrons. The molecule has 1 saturated heterocycles. The molecule has 5 rings (SSSR count). The number of para-hydroxylation sites is 1. The molecule has 7 heteroatoms. The van der Waals surface area contributed by atoms with E-state index in [0.29, 0.717) is 33.7 Å². The molecule has 1 aliphatic rings. The lowest BCUT2D eigenvalue weighted by Crippen LogP contribution is -2.30. The summed E-state index contributed by atoms with van der Waals surface area (Å²) >= 11 is 0. The molecule has 33 heavy (non-hydrogen) atoms. The van der Waals surface area contributed by atoms with Gasteiger partial charge >= 0.3 is 0 Å². The summed E-state index contributed by atoms with van der Waals surface area (Å²) in [6.45, 7) is 3.86. The van der Waals surface area contributed by atoms with E-state index in [-0.39, 0.29) is 11.5 Å². The van der Waals surface area contributed by atoms with Crippen LogP contribution in [0.15, 0.2) is 71.7 Å². The molecule has 2 aromatic heterocycles. The third kappa shape index (κ3) is 4.22. The lowest BCUT2D eigenvalue weighted by Gasteiger charge is -2.27. The number of aryl methyl sites for hydroxylation is 1. The molecular formula is C26H25N5O2. The Morgan fingerprint density at radius 2 is 1.70 bits per heavy atom. The minimum atomic E-state index is -0.227. The molecule has 0 atom stereocenters. The zero-order valence-corrected chi connectivity index (χ0v) is 18.5. The van der Waals surface area contributed by atoms with E-state index in [1.165, 1.54) is 19.3 Å². The van der Waals surface area contributed by atoms with E-state index in [1.54, 1.807) is 48.0 Å². The molecule has 1 aliphatic heterocycles. The zero-order chi connectivity index (χ0) is 22.8. The number of benzene rings is 2. The normalized spacial score (nSPS) is 13.8. The number of piperidine rings is 1. The van der Waals surface area contributed by atoms with Crippen LogP contribution in [-0.2, 0) is 0 Å². The van der Waals surface area contributed by atoms with Crippen LogP contribution in [0.3, 0.4) is 0 Å². The molecule has 1 N–H and O–H groups in total. The third-order valence-electron chi connectivity index (χ3n) is 6.02. The van der Waals surface area contributed by atoms with Crippen LogP contribution in [0, 0.1) is 6.92 Å². The number of pyridine rings is 1. The van der Waals surface area contributed by atoms with Crippen molar-refractivity contribution in [3.8, 4) is 5.69 Å². The summed E-state index contributed by atoms with van der Waals surface area (Å²) in [6, 6.07) is 18.1. The minimum absolute atomic E-state index is 0.129. The summed E-state index contributed by atoms with van der Waals surface area (Å²) in [5.74, 6) is 1.31. The maximum Gasteiger partial charge on any atom is 0.265 e. The Kier molecular flexibility index (Phi) is 5.60. The highest BCUT2D eigenvalue weighted by Gasteiger charge is 2.14. The maximum absolute atomic E-state index is 13.0. The number of carbonyl (C=O) groups excluding carboxylic acids is 1. The second-order valence-electron chi connectivity index (χ2n) is 8.27. The molecule has 166 valence electrons. The van der Waals surface area contributed by atoms with E-state index in [9.17, 15) is 9.59 Å². The number of carbonyl (C=O) groups is 1. The molecule has 0 bridgehead atoms. The molecule has 4 aromatic rings. The Balaban J connectivity index is 1.33. The third-order valence-corrected chi connectivity index (χ3v) is 6.02. The van der Waals surface area contributed by atoms with Crippen molar-refractivity contribution < 1.29 is 4.79 Å². The van der Waals surface area contributed by atoms with Crippen molar-refractivity contribution in [3.63, 3.8) is 0 Å². The number of aromatic nitrogens is 3. The van der Waals surface area contributed by atoms with E-state index in [0.717, 1.165) is 18.9 Å². The summed E-state index contributed by atoms with van der Waals surface area (Å²) in [6.07, 6.45) is 5.35. The molecule has 0 spiro atoms. The van der Waals surface area contributed by atoms with Gasteiger partial charge in [-0.25, -0.2) is 9.97 Å². The average Bonchev–Trinajstić information content (AvgIpc) is 2.85. The molecule has 2 aromatic carbocycles. The molecule has 7 nitrogen and oxygen atoms in total. The number of hydrogen-bond acceptors (Lipinski definition) is 5. The number of hydrogen-bond donors (Lipinski definition) is 1. The van der Waals surface area contributed by atoms with Gasteiger partial charge in [-0.05, 0) is 74.7 Å². The molecule has 0 saturated carbocycles. The van der Waals surface area contributed by atoms with E-state index in [2.05, 4.69) is 20.2 Å². The lowest BCUT2D eigenvalue weighted by molar-refractivity contribution is 0.102. The van der Waals surface area contributed by atoms with Crippen LogP contribution in [0.5, 0.6) is 0 Å². The van der Waals surface area contributed by atoms with Gasteiger partial charge in [-0.3, -0.25) is 14.2 Å². The Hall–Kier alpha value is -4.00. The van der Waals surface area contributed by atoms with E-state index < -0.39 is 0 Å². The van der Waals surface area contributed by atoms with Gasteiger partial charge in [0.1, 0.15) is 11.6 Å². The van der Waals surface area contributed by atoms with Crippen molar-refractivity contribution in [2.45, 2.75) is 26.2 Å². The quantitative estimate of drug-likeness (QED) is 0.512. The van der Waals surface area contributed by atoms with E-state index >= 15 is 0 Å². The Labute approximate surface area is 191 Å². The van der Waals surface area contributed by atoms with Crippen LogP contribution in [0.2, 0.25) is 0 Å². The van der Waals surface area contributed by atoms with Gasteiger partial charge in [0.05, 0.1) is 28.5 Å². The van der Waals surface area contributed by atoms with Crippen LogP contribution in [0.1, 0.15) is 35.4 Å². The summed E-state index contributed by atoms with van der Waals surface area (Å²) < 4.78 is 1.56. The van der Waals surface area contributed by atoms with Crippen LogP contribution in [0.4, 0.5) is 11.5 Å². The topological polar surface area (TPSA) is 80.1 Å². The van der Waals surface area contributed by atoms with Gasteiger partial charge in [0.2, 0.25) is 0 Å². The fourth-order valence-corrected chi connectivity index (χ4v) is 4.28. The molecule has 3 heterocycles. The van der Waals surface area contributed by atoms with Crippen molar-refractivity contribution in [3.05, 3.63) is 88.6 Å². The smallest absolute Gasteiger partial charge is 0.265 e. The van der Waals surface area contributed by atoms with Crippen LogP contribution < -0.4 is 15.8 Å². The molecule has 1 fully saturated rings. The zero-order valence-electron chi connectivity index (χ0n) is 18.5. The van der Waals surface area contributed by atoms with E-state index in [1.807, 2.05) is 30.3 Å². The summed E-state index contributed by atoms with van der Waals surface area (Å²) in [7, 11) is 0. The Morgan fingerprint density at radius 3 is 2.42 bits per heavy atom. The second-order valence-corrected chi connectivity index (χ2v) is 8.27. The van der Waals surface area contributed by atoms with Crippen molar-refractivity contribution in [2.75, 3.05) is 23.3 Å². The number of anilines is 2. The van der Waals surface area contributed by atoms with Crippen LogP contribution >= 0.6 is 0 Å². The Morgan fingerprint density at radius 1 is 0.939 bits per heavy atom. The molecular weight excluding hydrogens is 414 g/mol. The number of amides is 1. The van der Waals surface area contributed by atoms with Crippen LogP contribution in [-0.4, -0.2) is 33.5 Å². The van der Waals surface area contributed by atoms with Gasteiger partial charge in [-0.2, -0.15) is 0 Å². The number of nitrogens with one attached hydrogen (secondary N) is 1. The fourth-order valence-electron chi connectivity index (χ4n) is 4.28. The Bertz CT molecular complexity index is 1350. The van der Waals surface area contributed by atoms with Crippen molar-refractivity contribution in [2.24, 2.45) is 0 Å². The number of rotatable bonds is 4.